The molecule has 3 amide bonds. The van der Waals surface area contributed by atoms with Gasteiger partial charge in [0.25, 0.3) is 5.91 Å². The molecule has 0 bridgehead atoms. The highest BCUT2D eigenvalue weighted by Gasteiger charge is 2.51. The summed E-state index contributed by atoms with van der Waals surface area (Å²) in [5, 5.41) is 9.78. The molecule has 3 aliphatic heterocycles. The van der Waals surface area contributed by atoms with Crippen LogP contribution in [0, 0.1) is 5.82 Å². The number of piperazine rings is 2. The Balaban J connectivity index is 1.55. The Morgan fingerprint density at radius 3 is 2.60 bits per heavy atom. The lowest BCUT2D eigenvalue weighted by molar-refractivity contribution is -0.162. The molecular weight excluding hydrogens is 329 g/mol. The third-order valence-electron chi connectivity index (χ3n) is 5.15. The molecule has 25 heavy (non-hydrogen) atoms. The maximum Gasteiger partial charge on any atom is 0.254 e. The van der Waals surface area contributed by atoms with E-state index in [-0.39, 0.29) is 49.3 Å². The highest BCUT2D eigenvalue weighted by Crippen LogP contribution is 2.29. The van der Waals surface area contributed by atoms with E-state index in [4.69, 9.17) is 0 Å². The van der Waals surface area contributed by atoms with E-state index in [9.17, 15) is 23.9 Å². The van der Waals surface area contributed by atoms with E-state index >= 15 is 0 Å². The molecule has 0 unspecified atom stereocenters. The fraction of sp³-hybridized carbons (Fsp3) is 0.471. The number of aliphatic hydroxyl groups is 1. The van der Waals surface area contributed by atoms with E-state index in [1.807, 2.05) is 0 Å². The summed E-state index contributed by atoms with van der Waals surface area (Å²) in [5.41, 5.74) is 0.220. The number of aliphatic hydroxyl groups excluding tert-OH is 1. The topological polar surface area (TPSA) is 81.2 Å². The predicted molar refractivity (Wildman–Crippen MR) is 83.9 cm³/mol. The van der Waals surface area contributed by atoms with Gasteiger partial charge in [-0.2, -0.15) is 0 Å². The molecule has 4 rings (SSSR count). The van der Waals surface area contributed by atoms with Crippen molar-refractivity contribution in [3.63, 3.8) is 0 Å². The van der Waals surface area contributed by atoms with E-state index in [0.29, 0.717) is 6.54 Å². The minimum Gasteiger partial charge on any atom is -0.391 e. The molecule has 8 heteroatoms. The smallest absolute Gasteiger partial charge is 0.254 e. The lowest BCUT2D eigenvalue weighted by Gasteiger charge is -2.47. The quantitative estimate of drug-likeness (QED) is 0.739. The van der Waals surface area contributed by atoms with Gasteiger partial charge in [0.1, 0.15) is 17.9 Å². The van der Waals surface area contributed by atoms with E-state index in [0.717, 1.165) is 6.07 Å². The fourth-order valence-electron chi connectivity index (χ4n) is 3.92. The molecule has 3 fully saturated rings. The molecule has 7 nitrogen and oxygen atoms in total. The molecule has 1 aromatic carbocycles. The number of carbonyl (C=O) groups is 3. The van der Waals surface area contributed by atoms with Crippen LogP contribution in [0.1, 0.15) is 16.8 Å². The first kappa shape index (κ1) is 16.0. The first-order chi connectivity index (χ1) is 12.0. The monoisotopic (exact) mass is 347 g/mol. The third kappa shape index (κ3) is 2.57. The number of rotatable bonds is 1. The zero-order chi connectivity index (χ0) is 17.7. The molecule has 1 N–H and O–H groups in total. The number of benzene rings is 1. The van der Waals surface area contributed by atoms with Crippen molar-refractivity contribution in [2.75, 3.05) is 26.2 Å². The van der Waals surface area contributed by atoms with Crippen LogP contribution < -0.4 is 0 Å². The molecule has 132 valence electrons. The Bertz CT molecular complexity index is 755. The minimum absolute atomic E-state index is 0.0826. The van der Waals surface area contributed by atoms with Gasteiger partial charge in [-0.25, -0.2) is 4.39 Å². The number of fused-ring (bicyclic) bond motifs is 2. The van der Waals surface area contributed by atoms with E-state index in [2.05, 4.69) is 0 Å². The first-order valence-electron chi connectivity index (χ1n) is 8.29. The van der Waals surface area contributed by atoms with Crippen LogP contribution in [0.3, 0.4) is 0 Å². The fourth-order valence-corrected chi connectivity index (χ4v) is 3.92. The zero-order valence-corrected chi connectivity index (χ0v) is 13.5. The summed E-state index contributed by atoms with van der Waals surface area (Å²) in [7, 11) is 0. The summed E-state index contributed by atoms with van der Waals surface area (Å²) in [6, 6.07) is 4.08. The molecular formula is C17H18FN3O4. The molecule has 3 heterocycles. The van der Waals surface area contributed by atoms with Crippen molar-refractivity contribution < 1.29 is 23.9 Å². The number of halogens is 1. The Morgan fingerprint density at radius 1 is 1.08 bits per heavy atom. The van der Waals surface area contributed by atoms with Crippen molar-refractivity contribution in [1.82, 2.24) is 14.7 Å². The van der Waals surface area contributed by atoms with Gasteiger partial charge in [-0.1, -0.05) is 6.07 Å². The van der Waals surface area contributed by atoms with Crippen molar-refractivity contribution in [3.05, 3.63) is 35.6 Å². The summed E-state index contributed by atoms with van der Waals surface area (Å²) in [6.07, 6.45) is -0.427. The van der Waals surface area contributed by atoms with Gasteiger partial charge < -0.3 is 19.8 Å². The predicted octanol–water partition coefficient (Wildman–Crippen LogP) is -0.546. The molecule has 3 saturated heterocycles. The third-order valence-corrected chi connectivity index (χ3v) is 5.15. The highest BCUT2D eigenvalue weighted by atomic mass is 19.1. The maximum atomic E-state index is 13.4. The number of nitrogens with zero attached hydrogens (tertiary/aromatic N) is 3. The van der Waals surface area contributed by atoms with Crippen LogP contribution in [0.25, 0.3) is 0 Å². The van der Waals surface area contributed by atoms with Gasteiger partial charge in [-0.05, 0) is 18.2 Å². The molecule has 1 aromatic rings. The molecule has 3 atom stereocenters. The van der Waals surface area contributed by atoms with Gasteiger partial charge in [0, 0.05) is 31.6 Å². The van der Waals surface area contributed by atoms with Crippen LogP contribution >= 0.6 is 0 Å². The van der Waals surface area contributed by atoms with Crippen molar-refractivity contribution in [2.45, 2.75) is 24.6 Å². The Hall–Kier alpha value is -2.48. The number of hydrogen-bond acceptors (Lipinski definition) is 4. The van der Waals surface area contributed by atoms with Crippen LogP contribution in [-0.2, 0) is 9.59 Å². The largest absolute Gasteiger partial charge is 0.391 e. The van der Waals surface area contributed by atoms with E-state index in [1.54, 1.807) is 0 Å². The lowest BCUT2D eigenvalue weighted by atomic mass is 10.0. The van der Waals surface area contributed by atoms with Crippen molar-refractivity contribution in [3.8, 4) is 0 Å². The first-order valence-corrected chi connectivity index (χ1v) is 8.29. The van der Waals surface area contributed by atoms with Gasteiger partial charge in [0.05, 0.1) is 12.6 Å². The van der Waals surface area contributed by atoms with Crippen molar-refractivity contribution in [1.29, 1.82) is 0 Å². The number of carbonyl (C=O) groups excluding carboxylic acids is 3. The zero-order valence-electron chi connectivity index (χ0n) is 13.5. The van der Waals surface area contributed by atoms with Crippen molar-refractivity contribution >= 4 is 17.7 Å². The number of amides is 3. The van der Waals surface area contributed by atoms with Crippen LogP contribution in [0.4, 0.5) is 4.39 Å². The van der Waals surface area contributed by atoms with Crippen LogP contribution in [0.2, 0.25) is 0 Å². The standard InChI is InChI=1S/C17H18FN3O4/c18-11-3-1-2-10(6-11)15(23)19-4-5-20-14(9-19)17(25)21-8-12(22)7-13(21)16(20)24/h1-3,6,12-14,22H,4-5,7-9H2/t12-,13+,14-/m1/s1. The van der Waals surface area contributed by atoms with Gasteiger partial charge >= 0.3 is 0 Å². The minimum atomic E-state index is -0.736. The van der Waals surface area contributed by atoms with E-state index < -0.39 is 24.0 Å². The Kier molecular flexibility index (Phi) is 3.72. The van der Waals surface area contributed by atoms with Crippen LogP contribution in [0.5, 0.6) is 0 Å². The van der Waals surface area contributed by atoms with E-state index in [1.165, 1.54) is 32.9 Å². The summed E-state index contributed by atoms with van der Waals surface area (Å²) in [4.78, 5) is 42.3. The molecule has 0 radical (unpaired) electrons. The molecule has 0 spiro atoms. The second-order valence-electron chi connectivity index (χ2n) is 6.70. The SMILES string of the molecule is O=C(c1cccc(F)c1)N1CCN2C(=O)[C@@H]3C[C@@H](O)CN3C(=O)[C@H]2C1. The second-order valence-corrected chi connectivity index (χ2v) is 6.70. The average Bonchev–Trinajstić information content (AvgIpc) is 3.01. The molecule has 0 aromatic heterocycles. The van der Waals surface area contributed by atoms with Crippen LogP contribution in [-0.4, -0.2) is 81.9 Å². The second kappa shape index (κ2) is 5.80. The maximum absolute atomic E-state index is 13.4. The van der Waals surface area contributed by atoms with Gasteiger partial charge in [-0.3, -0.25) is 14.4 Å². The van der Waals surface area contributed by atoms with Gasteiger partial charge in [0.2, 0.25) is 11.8 Å². The summed E-state index contributed by atoms with van der Waals surface area (Å²) < 4.78 is 13.4. The molecule has 3 aliphatic rings. The van der Waals surface area contributed by atoms with Gasteiger partial charge in [0.15, 0.2) is 0 Å². The van der Waals surface area contributed by atoms with Crippen LogP contribution in [0.15, 0.2) is 24.3 Å². The summed E-state index contributed by atoms with van der Waals surface area (Å²) in [6.45, 7) is 0.785. The molecule has 0 saturated carbocycles. The normalized spacial score (nSPS) is 28.9. The molecule has 0 aliphatic carbocycles. The number of hydrogen-bond donors (Lipinski definition) is 1. The van der Waals surface area contributed by atoms with Crippen molar-refractivity contribution in [2.24, 2.45) is 0 Å². The average molecular weight is 347 g/mol. The lowest BCUT2D eigenvalue weighted by Crippen LogP contribution is -2.69. The summed E-state index contributed by atoms with van der Waals surface area (Å²) in [5.74, 6) is -1.26. The Labute approximate surface area is 143 Å². The summed E-state index contributed by atoms with van der Waals surface area (Å²) >= 11 is 0. The highest BCUT2D eigenvalue weighted by molar-refractivity contribution is 5.99. The Morgan fingerprint density at radius 2 is 1.84 bits per heavy atom. The van der Waals surface area contributed by atoms with Gasteiger partial charge in [-0.15, -0.1) is 0 Å².